The molecule has 0 saturated carbocycles. The van der Waals surface area contributed by atoms with Gasteiger partial charge in [-0.15, -0.1) is 0 Å². The number of hydrogen-bond acceptors (Lipinski definition) is 4. The Morgan fingerprint density at radius 3 is 2.94 bits per heavy atom. The van der Waals surface area contributed by atoms with Gasteiger partial charge in [-0.2, -0.15) is 0 Å². The first kappa shape index (κ1) is 13.0. The van der Waals surface area contributed by atoms with Crippen molar-refractivity contribution in [2.45, 2.75) is 13.0 Å². The lowest BCUT2D eigenvalue weighted by atomic mass is 9.86. The van der Waals surface area contributed by atoms with E-state index in [2.05, 4.69) is 0 Å². The van der Waals surface area contributed by atoms with Crippen molar-refractivity contribution >= 4 is 19.3 Å². The molecule has 5 heteroatoms. The lowest BCUT2D eigenvalue weighted by molar-refractivity contribution is -0.146. The number of carbonyl (C=O) groups is 1. The molecule has 2 radical (unpaired) electrons. The average Bonchev–Trinajstić information content (AvgIpc) is 2.37. The molecule has 0 bridgehead atoms. The van der Waals surface area contributed by atoms with E-state index < -0.39 is 0 Å². The number of fused-ring (bicyclic) bond motifs is 1. The Kier molecular flexibility index (Phi) is 3.92. The molecule has 1 aliphatic rings. The van der Waals surface area contributed by atoms with Crippen LogP contribution in [0.15, 0.2) is 12.1 Å². The summed E-state index contributed by atoms with van der Waals surface area (Å²) in [4.78, 5) is 11.5. The van der Waals surface area contributed by atoms with Gasteiger partial charge in [0.25, 0.3) is 0 Å². The zero-order valence-electron chi connectivity index (χ0n) is 10.6. The van der Waals surface area contributed by atoms with Crippen molar-refractivity contribution in [1.29, 1.82) is 0 Å². The topological polar surface area (TPSA) is 44.8 Å². The molecule has 0 fully saturated rings. The third-order valence-corrected chi connectivity index (χ3v) is 3.00. The van der Waals surface area contributed by atoms with Gasteiger partial charge in [-0.3, -0.25) is 4.79 Å². The summed E-state index contributed by atoms with van der Waals surface area (Å²) in [6, 6.07) is 3.80. The van der Waals surface area contributed by atoms with E-state index in [0.717, 1.165) is 11.1 Å². The van der Waals surface area contributed by atoms with Crippen LogP contribution in [0.5, 0.6) is 5.75 Å². The van der Waals surface area contributed by atoms with Gasteiger partial charge in [-0.1, -0.05) is 11.5 Å². The quantitative estimate of drug-likeness (QED) is 0.570. The van der Waals surface area contributed by atoms with Crippen LogP contribution in [-0.4, -0.2) is 34.6 Å². The summed E-state index contributed by atoms with van der Waals surface area (Å²) >= 11 is 0. The fourth-order valence-corrected chi connectivity index (χ4v) is 2.19. The van der Waals surface area contributed by atoms with E-state index in [1.807, 2.05) is 12.1 Å². The molecule has 94 valence electrons. The van der Waals surface area contributed by atoms with E-state index in [1.54, 1.807) is 7.11 Å². The molecule has 0 saturated heterocycles. The minimum Gasteiger partial charge on any atom is -0.493 e. The maximum Gasteiger partial charge on any atom is 0.312 e. The van der Waals surface area contributed by atoms with Gasteiger partial charge in [0.05, 0.1) is 19.6 Å². The molecule has 1 aliphatic heterocycles. The molecule has 18 heavy (non-hydrogen) atoms. The molecule has 1 atom stereocenters. The first-order valence-electron chi connectivity index (χ1n) is 5.76. The Morgan fingerprint density at radius 2 is 2.28 bits per heavy atom. The van der Waals surface area contributed by atoms with Gasteiger partial charge in [-0.25, -0.2) is 0 Å². The molecular formula is C13H15BO4. The van der Waals surface area contributed by atoms with Crippen molar-refractivity contribution in [3.8, 4) is 5.75 Å². The number of hydrogen-bond donors (Lipinski definition) is 0. The third-order valence-electron chi connectivity index (χ3n) is 3.00. The summed E-state index contributed by atoms with van der Waals surface area (Å²) in [7, 11) is 8.94. The number of benzene rings is 1. The fourth-order valence-electron chi connectivity index (χ4n) is 2.19. The van der Waals surface area contributed by atoms with Crippen molar-refractivity contribution < 1.29 is 19.0 Å². The maximum atomic E-state index is 11.5. The van der Waals surface area contributed by atoms with Crippen LogP contribution in [0.3, 0.4) is 0 Å². The van der Waals surface area contributed by atoms with Crippen LogP contribution >= 0.6 is 0 Å². The molecule has 2 rings (SSSR count). The van der Waals surface area contributed by atoms with Gasteiger partial charge in [0.2, 0.25) is 0 Å². The van der Waals surface area contributed by atoms with Crippen LogP contribution in [0, 0.1) is 5.92 Å². The lowest BCUT2D eigenvalue weighted by Crippen LogP contribution is -2.31. The zero-order chi connectivity index (χ0) is 13.1. The maximum absolute atomic E-state index is 11.5. The Hall–Kier alpha value is -1.49. The molecule has 0 amide bonds. The number of esters is 1. The summed E-state index contributed by atoms with van der Waals surface area (Å²) in [6.07, 6.45) is 0.587. The molecule has 0 aliphatic carbocycles. The Labute approximate surface area is 108 Å². The summed E-state index contributed by atoms with van der Waals surface area (Å²) in [6.45, 7) is 0.799. The van der Waals surface area contributed by atoms with Gasteiger partial charge >= 0.3 is 5.97 Å². The second-order valence-electron chi connectivity index (χ2n) is 4.34. The van der Waals surface area contributed by atoms with Crippen LogP contribution in [0.2, 0.25) is 0 Å². The van der Waals surface area contributed by atoms with E-state index in [1.165, 1.54) is 7.11 Å². The van der Waals surface area contributed by atoms with Crippen molar-refractivity contribution in [3.63, 3.8) is 0 Å². The smallest absolute Gasteiger partial charge is 0.312 e. The second kappa shape index (κ2) is 5.44. The van der Waals surface area contributed by atoms with Gasteiger partial charge < -0.3 is 14.2 Å². The first-order chi connectivity index (χ1) is 8.65. The van der Waals surface area contributed by atoms with Crippen molar-refractivity contribution in [2.24, 2.45) is 5.92 Å². The molecular weight excluding hydrogens is 231 g/mol. The van der Waals surface area contributed by atoms with Gasteiger partial charge in [0.15, 0.2) is 0 Å². The molecule has 0 aromatic heterocycles. The normalized spacial score (nSPS) is 17.8. The van der Waals surface area contributed by atoms with Crippen LogP contribution in [0.1, 0.15) is 11.1 Å². The van der Waals surface area contributed by atoms with E-state index in [9.17, 15) is 4.79 Å². The first-order valence-corrected chi connectivity index (χ1v) is 5.76. The van der Waals surface area contributed by atoms with Gasteiger partial charge in [0, 0.05) is 7.11 Å². The number of methoxy groups -OCH3 is 2. The molecule has 1 aromatic rings. The predicted molar refractivity (Wildman–Crippen MR) is 67.2 cm³/mol. The summed E-state index contributed by atoms with van der Waals surface area (Å²) in [5.74, 6) is 0.158. The Balaban J connectivity index is 2.27. The highest BCUT2D eigenvalue weighted by Crippen LogP contribution is 2.27. The third kappa shape index (κ3) is 2.51. The number of rotatable bonds is 3. The molecule has 0 N–H and O–H groups in total. The van der Waals surface area contributed by atoms with Crippen LogP contribution in [0.25, 0.3) is 0 Å². The zero-order valence-corrected chi connectivity index (χ0v) is 10.6. The Bertz CT molecular complexity index is 459. The minimum atomic E-state index is -0.264. The Morgan fingerprint density at radius 1 is 1.50 bits per heavy atom. The van der Waals surface area contributed by atoms with E-state index in [-0.39, 0.29) is 11.9 Å². The molecule has 1 heterocycles. The summed E-state index contributed by atoms with van der Waals surface area (Å²) < 4.78 is 15.4. The van der Waals surface area contributed by atoms with Crippen molar-refractivity contribution in [3.05, 3.63) is 23.3 Å². The predicted octanol–water partition coefficient (Wildman–Crippen LogP) is 0.351. The molecule has 4 nitrogen and oxygen atoms in total. The lowest BCUT2D eigenvalue weighted by Gasteiger charge is -2.25. The van der Waals surface area contributed by atoms with Crippen LogP contribution in [0.4, 0.5) is 0 Å². The molecule has 1 aromatic carbocycles. The largest absolute Gasteiger partial charge is 0.493 e. The van der Waals surface area contributed by atoms with Gasteiger partial charge in [0.1, 0.15) is 20.2 Å². The van der Waals surface area contributed by atoms with E-state index in [4.69, 9.17) is 22.1 Å². The van der Waals surface area contributed by atoms with Crippen molar-refractivity contribution in [1.82, 2.24) is 0 Å². The van der Waals surface area contributed by atoms with Gasteiger partial charge in [-0.05, 0) is 23.6 Å². The summed E-state index contributed by atoms with van der Waals surface area (Å²) in [5.41, 5.74) is 2.49. The highest BCUT2D eigenvalue weighted by atomic mass is 16.5. The van der Waals surface area contributed by atoms with Crippen LogP contribution < -0.4 is 10.2 Å². The summed E-state index contributed by atoms with van der Waals surface area (Å²) in [5, 5.41) is 0. The monoisotopic (exact) mass is 246 g/mol. The second-order valence-corrected chi connectivity index (χ2v) is 4.34. The standard InChI is InChI=1S/C13H15BO4/c1-16-6-8-3-9-5-10(13(15)17-2)7-18-12(9)11(14)4-8/h3-4,10H,5-7H2,1-2H3. The highest BCUT2D eigenvalue weighted by molar-refractivity contribution is 6.34. The highest BCUT2D eigenvalue weighted by Gasteiger charge is 2.27. The molecule has 0 spiro atoms. The number of ether oxygens (including phenoxy) is 3. The van der Waals surface area contributed by atoms with Crippen LogP contribution in [-0.2, 0) is 27.3 Å². The SMILES string of the molecule is [B]c1cc(COC)cc2c1OCC(C(=O)OC)C2. The van der Waals surface area contributed by atoms with Crippen molar-refractivity contribution in [2.75, 3.05) is 20.8 Å². The average molecular weight is 246 g/mol. The van der Waals surface area contributed by atoms with E-state index >= 15 is 0 Å². The number of carbonyl (C=O) groups excluding carboxylic acids is 1. The molecule has 1 unspecified atom stereocenters. The van der Waals surface area contributed by atoms with E-state index in [0.29, 0.717) is 30.8 Å². The fraction of sp³-hybridized carbons (Fsp3) is 0.462. The minimum absolute atomic E-state index is 0.253.